The predicted octanol–water partition coefficient (Wildman–Crippen LogP) is 2.18. The van der Waals surface area contributed by atoms with Crippen molar-refractivity contribution in [2.75, 3.05) is 13.1 Å². The number of amides is 2. The number of nitrogens with zero attached hydrogens (tertiary/aromatic N) is 2. The molecule has 1 fully saturated rings. The SMILES string of the molecule is Cc1nc(CNC(=O)C2CCN(C(=O)C(F)(F)F)CC2)sc1C. The smallest absolute Gasteiger partial charge is 0.349 e. The second kappa shape index (κ2) is 6.86. The molecule has 2 amide bonds. The molecule has 1 aliphatic heterocycles. The Morgan fingerprint density at radius 2 is 1.91 bits per heavy atom. The summed E-state index contributed by atoms with van der Waals surface area (Å²) in [4.78, 5) is 29.4. The standard InChI is InChI=1S/C14H18F3N3O2S/c1-8-9(2)23-11(19-8)7-18-12(21)10-3-5-20(6-4-10)13(22)14(15,16)17/h10H,3-7H2,1-2H3,(H,18,21). The number of hydrogen-bond donors (Lipinski definition) is 1. The van der Waals surface area contributed by atoms with Crippen LogP contribution in [0, 0.1) is 19.8 Å². The van der Waals surface area contributed by atoms with E-state index in [1.807, 2.05) is 13.8 Å². The number of halogens is 3. The first-order valence-electron chi connectivity index (χ1n) is 7.25. The molecule has 0 unspecified atom stereocenters. The predicted molar refractivity (Wildman–Crippen MR) is 78.8 cm³/mol. The van der Waals surface area contributed by atoms with Gasteiger partial charge in [0.25, 0.3) is 0 Å². The quantitative estimate of drug-likeness (QED) is 0.910. The van der Waals surface area contributed by atoms with Crippen molar-refractivity contribution in [1.82, 2.24) is 15.2 Å². The van der Waals surface area contributed by atoms with E-state index in [4.69, 9.17) is 0 Å². The number of aryl methyl sites for hydroxylation is 2. The van der Waals surface area contributed by atoms with E-state index >= 15 is 0 Å². The number of hydrogen-bond acceptors (Lipinski definition) is 4. The summed E-state index contributed by atoms with van der Waals surface area (Å²) in [6, 6.07) is 0. The Kier molecular flexibility index (Phi) is 5.28. The van der Waals surface area contributed by atoms with Crippen LogP contribution >= 0.6 is 11.3 Å². The molecular weight excluding hydrogens is 331 g/mol. The molecule has 0 spiro atoms. The fourth-order valence-corrected chi connectivity index (χ4v) is 3.32. The zero-order chi connectivity index (χ0) is 17.2. The Morgan fingerprint density at radius 1 is 1.30 bits per heavy atom. The Morgan fingerprint density at radius 3 is 2.39 bits per heavy atom. The van der Waals surface area contributed by atoms with Gasteiger partial charge in [0.2, 0.25) is 5.91 Å². The van der Waals surface area contributed by atoms with Crippen LogP contribution in [0.2, 0.25) is 0 Å². The zero-order valence-corrected chi connectivity index (χ0v) is 13.7. The van der Waals surface area contributed by atoms with Gasteiger partial charge in [0.15, 0.2) is 0 Å². The van der Waals surface area contributed by atoms with E-state index in [1.54, 1.807) is 0 Å². The van der Waals surface area contributed by atoms with Crippen molar-refractivity contribution in [3.63, 3.8) is 0 Å². The zero-order valence-electron chi connectivity index (χ0n) is 12.9. The van der Waals surface area contributed by atoms with Gasteiger partial charge in [-0.3, -0.25) is 9.59 Å². The summed E-state index contributed by atoms with van der Waals surface area (Å²) >= 11 is 1.51. The number of piperidine rings is 1. The van der Waals surface area contributed by atoms with Crippen LogP contribution in [0.1, 0.15) is 28.4 Å². The summed E-state index contributed by atoms with van der Waals surface area (Å²) in [6.45, 7) is 4.06. The van der Waals surface area contributed by atoms with Crippen molar-refractivity contribution in [2.24, 2.45) is 5.92 Å². The lowest BCUT2D eigenvalue weighted by Crippen LogP contribution is -2.47. The van der Waals surface area contributed by atoms with Crippen molar-refractivity contribution >= 4 is 23.2 Å². The summed E-state index contributed by atoms with van der Waals surface area (Å²) in [5, 5.41) is 3.57. The molecule has 1 saturated heterocycles. The fourth-order valence-electron chi connectivity index (χ4n) is 2.45. The molecule has 128 valence electrons. The van der Waals surface area contributed by atoms with E-state index < -0.39 is 12.1 Å². The van der Waals surface area contributed by atoms with E-state index in [2.05, 4.69) is 10.3 Å². The molecule has 0 saturated carbocycles. The van der Waals surface area contributed by atoms with Crippen LogP contribution in [-0.2, 0) is 16.1 Å². The maximum Gasteiger partial charge on any atom is 0.471 e. The number of likely N-dealkylation sites (tertiary alicyclic amines) is 1. The summed E-state index contributed by atoms with van der Waals surface area (Å²) in [5.74, 6) is -2.39. The van der Waals surface area contributed by atoms with Crippen molar-refractivity contribution in [3.8, 4) is 0 Å². The third kappa shape index (κ3) is 4.43. The van der Waals surface area contributed by atoms with Gasteiger partial charge in [-0.1, -0.05) is 0 Å². The molecule has 2 heterocycles. The molecule has 9 heteroatoms. The number of carbonyl (C=O) groups is 2. The van der Waals surface area contributed by atoms with Crippen LogP contribution in [0.25, 0.3) is 0 Å². The highest BCUT2D eigenvalue weighted by atomic mass is 32.1. The minimum absolute atomic E-state index is 0.0497. The van der Waals surface area contributed by atoms with E-state index in [1.165, 1.54) is 11.3 Å². The highest BCUT2D eigenvalue weighted by Gasteiger charge is 2.43. The molecule has 23 heavy (non-hydrogen) atoms. The number of rotatable bonds is 3. The molecule has 0 aliphatic carbocycles. The lowest BCUT2D eigenvalue weighted by molar-refractivity contribution is -0.186. The summed E-state index contributed by atoms with van der Waals surface area (Å²) in [6.07, 6.45) is -4.37. The molecule has 0 aromatic carbocycles. The van der Waals surface area contributed by atoms with Crippen LogP contribution in [-0.4, -0.2) is 41.0 Å². The number of nitrogens with one attached hydrogen (secondary N) is 1. The minimum Gasteiger partial charge on any atom is -0.349 e. The Hall–Kier alpha value is -1.64. The van der Waals surface area contributed by atoms with Crippen LogP contribution in [0.15, 0.2) is 0 Å². The molecule has 1 aromatic rings. The first-order chi connectivity index (χ1) is 10.7. The summed E-state index contributed by atoms with van der Waals surface area (Å²) < 4.78 is 37.1. The molecule has 1 aromatic heterocycles. The molecule has 2 rings (SSSR count). The lowest BCUT2D eigenvalue weighted by Gasteiger charge is -2.31. The van der Waals surface area contributed by atoms with Gasteiger partial charge in [-0.25, -0.2) is 4.98 Å². The third-order valence-corrected chi connectivity index (χ3v) is 4.95. The largest absolute Gasteiger partial charge is 0.471 e. The van der Waals surface area contributed by atoms with Crippen LogP contribution in [0.4, 0.5) is 13.2 Å². The van der Waals surface area contributed by atoms with Crippen LogP contribution in [0.5, 0.6) is 0 Å². The number of thiazole rings is 1. The average molecular weight is 349 g/mol. The molecule has 1 N–H and O–H groups in total. The van der Waals surface area contributed by atoms with Gasteiger partial charge in [-0.2, -0.15) is 13.2 Å². The maximum atomic E-state index is 12.4. The van der Waals surface area contributed by atoms with E-state index in [0.717, 1.165) is 20.5 Å². The molecule has 1 aliphatic rings. The van der Waals surface area contributed by atoms with Gasteiger partial charge in [0.05, 0.1) is 12.2 Å². The van der Waals surface area contributed by atoms with Gasteiger partial charge >= 0.3 is 12.1 Å². The average Bonchev–Trinajstić information content (AvgIpc) is 2.82. The van der Waals surface area contributed by atoms with Gasteiger partial charge < -0.3 is 10.2 Å². The number of aromatic nitrogens is 1. The highest BCUT2D eigenvalue weighted by Crippen LogP contribution is 2.24. The third-order valence-electron chi connectivity index (χ3n) is 3.88. The molecule has 0 atom stereocenters. The maximum absolute atomic E-state index is 12.4. The van der Waals surface area contributed by atoms with Gasteiger partial charge in [-0.05, 0) is 26.7 Å². The number of carbonyl (C=O) groups excluding carboxylic acids is 2. The summed E-state index contributed by atoms with van der Waals surface area (Å²) in [7, 11) is 0. The summed E-state index contributed by atoms with van der Waals surface area (Å²) in [5.41, 5.74) is 0.929. The van der Waals surface area contributed by atoms with E-state index in [-0.39, 0.29) is 37.8 Å². The molecule has 0 radical (unpaired) electrons. The Bertz CT molecular complexity index is 573. The molecular formula is C14H18F3N3O2S. The first kappa shape index (κ1) is 17.7. The van der Waals surface area contributed by atoms with Crippen LogP contribution < -0.4 is 5.32 Å². The molecule has 0 bridgehead atoms. The normalized spacial score (nSPS) is 16.5. The molecule has 5 nitrogen and oxygen atoms in total. The van der Waals surface area contributed by atoms with Gasteiger partial charge in [0.1, 0.15) is 5.01 Å². The van der Waals surface area contributed by atoms with Crippen molar-refractivity contribution in [1.29, 1.82) is 0 Å². The van der Waals surface area contributed by atoms with Gasteiger partial charge in [0, 0.05) is 23.9 Å². The monoisotopic (exact) mass is 349 g/mol. The van der Waals surface area contributed by atoms with E-state index in [0.29, 0.717) is 6.54 Å². The first-order valence-corrected chi connectivity index (χ1v) is 8.07. The van der Waals surface area contributed by atoms with Crippen molar-refractivity contribution < 1.29 is 22.8 Å². The van der Waals surface area contributed by atoms with Gasteiger partial charge in [-0.15, -0.1) is 11.3 Å². The number of alkyl halides is 3. The van der Waals surface area contributed by atoms with Crippen LogP contribution in [0.3, 0.4) is 0 Å². The Labute approximate surface area is 135 Å². The van der Waals surface area contributed by atoms with E-state index in [9.17, 15) is 22.8 Å². The lowest BCUT2D eigenvalue weighted by atomic mass is 9.96. The fraction of sp³-hybridized carbons (Fsp3) is 0.643. The topological polar surface area (TPSA) is 62.3 Å². The Balaban J connectivity index is 1.80. The second-order valence-corrected chi connectivity index (χ2v) is 6.82. The van der Waals surface area contributed by atoms with Crippen molar-refractivity contribution in [2.45, 2.75) is 39.4 Å². The second-order valence-electron chi connectivity index (χ2n) is 5.53. The minimum atomic E-state index is -4.85. The van der Waals surface area contributed by atoms with Crippen molar-refractivity contribution in [3.05, 3.63) is 15.6 Å². The highest BCUT2D eigenvalue weighted by molar-refractivity contribution is 7.11.